The fraction of sp³-hybridized carbons (Fsp3) is 0.400. The number of rotatable bonds is 5. The molecule has 16 heavy (non-hydrogen) atoms. The third-order valence-electron chi connectivity index (χ3n) is 1.07. The van der Waals surface area contributed by atoms with Gasteiger partial charge >= 0.3 is 12.3 Å². The maximum atomic E-state index is 10.7. The normalized spacial score (nSPS) is 8.12. The fourth-order valence-corrected chi connectivity index (χ4v) is 0.535. The van der Waals surface area contributed by atoms with Crippen LogP contribution in [-0.2, 0) is 18.9 Å². The van der Waals surface area contributed by atoms with Crippen LogP contribution in [0.15, 0.2) is 0 Å². The first-order valence-electron chi connectivity index (χ1n) is 4.16. The molecule has 0 bridgehead atoms. The van der Waals surface area contributed by atoms with Crippen molar-refractivity contribution >= 4 is 12.3 Å². The Hall–Kier alpha value is -2.34. The highest BCUT2D eigenvalue weighted by Gasteiger charge is 2.05. The standard InChI is InChI=1S/C10H10O6/c1-3-5-13-9(11)15-7-8-16-10(12)14-6-4-2/h1-2H,5-8H2. The molecular formula is C10H10O6. The van der Waals surface area contributed by atoms with Gasteiger partial charge in [-0.1, -0.05) is 11.8 Å². The van der Waals surface area contributed by atoms with E-state index in [1.807, 2.05) is 0 Å². The molecule has 0 radical (unpaired) electrons. The Kier molecular flexibility index (Phi) is 7.88. The molecule has 0 fully saturated rings. The topological polar surface area (TPSA) is 71.1 Å². The maximum absolute atomic E-state index is 10.7. The van der Waals surface area contributed by atoms with E-state index in [9.17, 15) is 9.59 Å². The maximum Gasteiger partial charge on any atom is 0.509 e. The average molecular weight is 226 g/mol. The van der Waals surface area contributed by atoms with E-state index in [0.717, 1.165) is 0 Å². The van der Waals surface area contributed by atoms with Gasteiger partial charge in [0.2, 0.25) is 0 Å². The van der Waals surface area contributed by atoms with E-state index in [4.69, 9.17) is 12.8 Å². The number of hydrogen-bond acceptors (Lipinski definition) is 6. The number of carbonyl (C=O) groups is 2. The number of ether oxygens (including phenoxy) is 4. The van der Waals surface area contributed by atoms with Crippen LogP contribution in [0, 0.1) is 24.7 Å². The average Bonchev–Trinajstić information content (AvgIpc) is 2.29. The van der Waals surface area contributed by atoms with Gasteiger partial charge in [-0.05, 0) is 0 Å². The van der Waals surface area contributed by atoms with Gasteiger partial charge in [0.25, 0.3) is 0 Å². The lowest BCUT2D eigenvalue weighted by molar-refractivity contribution is 0.0256. The molecular weight excluding hydrogens is 216 g/mol. The lowest BCUT2D eigenvalue weighted by atomic mass is 10.7. The highest BCUT2D eigenvalue weighted by atomic mass is 16.7. The predicted octanol–water partition coefficient (Wildman–Crippen LogP) is 0.559. The molecule has 0 aromatic rings. The van der Waals surface area contributed by atoms with Crippen LogP contribution < -0.4 is 0 Å². The summed E-state index contributed by atoms with van der Waals surface area (Å²) in [5.74, 6) is 4.17. The zero-order chi connectivity index (χ0) is 12.2. The van der Waals surface area contributed by atoms with Crippen LogP contribution in [0.4, 0.5) is 9.59 Å². The molecule has 0 saturated carbocycles. The zero-order valence-electron chi connectivity index (χ0n) is 8.43. The van der Waals surface area contributed by atoms with Crippen molar-refractivity contribution in [2.24, 2.45) is 0 Å². The van der Waals surface area contributed by atoms with Crippen molar-refractivity contribution in [3.63, 3.8) is 0 Å². The summed E-state index contributed by atoms with van der Waals surface area (Å²) in [6, 6.07) is 0. The molecule has 0 heterocycles. The van der Waals surface area contributed by atoms with E-state index in [1.165, 1.54) is 0 Å². The molecule has 86 valence electrons. The lowest BCUT2D eigenvalue weighted by Gasteiger charge is -2.05. The minimum absolute atomic E-state index is 0.158. The molecule has 0 amide bonds. The molecule has 0 aliphatic rings. The van der Waals surface area contributed by atoms with Crippen LogP contribution in [0.2, 0.25) is 0 Å². The second kappa shape index (κ2) is 9.22. The largest absolute Gasteiger partial charge is 0.509 e. The molecule has 6 nitrogen and oxygen atoms in total. The quantitative estimate of drug-likeness (QED) is 0.387. The Morgan fingerprint density at radius 1 is 0.812 bits per heavy atom. The smallest absolute Gasteiger partial charge is 0.431 e. The van der Waals surface area contributed by atoms with E-state index in [1.54, 1.807) is 0 Å². The highest BCUT2D eigenvalue weighted by Crippen LogP contribution is 1.88. The van der Waals surface area contributed by atoms with Crippen LogP contribution in [0.5, 0.6) is 0 Å². The van der Waals surface area contributed by atoms with E-state index in [-0.39, 0.29) is 26.4 Å². The summed E-state index contributed by atoms with van der Waals surface area (Å²) in [7, 11) is 0. The third-order valence-corrected chi connectivity index (χ3v) is 1.07. The Morgan fingerprint density at radius 2 is 1.19 bits per heavy atom. The van der Waals surface area contributed by atoms with Crippen LogP contribution in [0.1, 0.15) is 0 Å². The molecule has 0 atom stereocenters. The Bertz CT molecular complexity index is 276. The minimum Gasteiger partial charge on any atom is -0.431 e. The van der Waals surface area contributed by atoms with E-state index < -0.39 is 12.3 Å². The third kappa shape index (κ3) is 8.27. The number of carbonyl (C=O) groups excluding carboxylic acids is 2. The van der Waals surface area contributed by atoms with Gasteiger partial charge in [-0.25, -0.2) is 9.59 Å². The molecule has 0 N–H and O–H groups in total. The molecule has 0 aromatic heterocycles. The SMILES string of the molecule is C#CCOC(=O)OCCOC(=O)OCC#C. The van der Waals surface area contributed by atoms with Gasteiger partial charge in [0.05, 0.1) is 0 Å². The van der Waals surface area contributed by atoms with Crippen molar-refractivity contribution < 1.29 is 28.5 Å². The van der Waals surface area contributed by atoms with E-state index in [2.05, 4.69) is 30.8 Å². The van der Waals surface area contributed by atoms with Crippen molar-refractivity contribution in [2.45, 2.75) is 0 Å². The van der Waals surface area contributed by atoms with Crippen LogP contribution in [-0.4, -0.2) is 38.7 Å². The van der Waals surface area contributed by atoms with Crippen LogP contribution in [0.25, 0.3) is 0 Å². The molecule has 6 heteroatoms. The highest BCUT2D eigenvalue weighted by molar-refractivity contribution is 5.61. The predicted molar refractivity (Wildman–Crippen MR) is 52.3 cm³/mol. The fourth-order valence-electron chi connectivity index (χ4n) is 0.535. The summed E-state index contributed by atoms with van der Waals surface area (Å²) in [5.41, 5.74) is 0. The van der Waals surface area contributed by atoms with Gasteiger partial charge in [-0.15, -0.1) is 12.8 Å². The van der Waals surface area contributed by atoms with Crippen molar-refractivity contribution in [1.29, 1.82) is 0 Å². The summed E-state index contributed by atoms with van der Waals surface area (Å²) < 4.78 is 17.7. The Balaban J connectivity index is 3.40. The molecule has 0 unspecified atom stereocenters. The first-order valence-corrected chi connectivity index (χ1v) is 4.16. The summed E-state index contributed by atoms with van der Waals surface area (Å²) >= 11 is 0. The second-order valence-corrected chi connectivity index (χ2v) is 2.18. The van der Waals surface area contributed by atoms with Gasteiger partial charge in [0.1, 0.15) is 13.2 Å². The molecule has 0 aliphatic carbocycles. The summed E-state index contributed by atoms with van der Waals surface area (Å²) in [5, 5.41) is 0. The van der Waals surface area contributed by atoms with Gasteiger partial charge in [-0.3, -0.25) is 0 Å². The zero-order valence-corrected chi connectivity index (χ0v) is 8.43. The Labute approximate surface area is 92.8 Å². The van der Waals surface area contributed by atoms with Crippen molar-refractivity contribution in [3.8, 4) is 24.7 Å². The van der Waals surface area contributed by atoms with Gasteiger partial charge < -0.3 is 18.9 Å². The molecule has 0 aliphatic heterocycles. The van der Waals surface area contributed by atoms with Crippen molar-refractivity contribution in [3.05, 3.63) is 0 Å². The van der Waals surface area contributed by atoms with E-state index >= 15 is 0 Å². The molecule has 0 spiro atoms. The molecule has 0 saturated heterocycles. The van der Waals surface area contributed by atoms with Gasteiger partial charge in [0, 0.05) is 0 Å². The van der Waals surface area contributed by atoms with Gasteiger partial charge in [0.15, 0.2) is 13.2 Å². The van der Waals surface area contributed by atoms with Crippen LogP contribution >= 0.6 is 0 Å². The molecule has 0 rings (SSSR count). The monoisotopic (exact) mass is 226 g/mol. The van der Waals surface area contributed by atoms with Gasteiger partial charge in [-0.2, -0.15) is 0 Å². The number of terminal acetylenes is 2. The van der Waals surface area contributed by atoms with E-state index in [0.29, 0.717) is 0 Å². The summed E-state index contributed by atoms with van der Waals surface area (Å²) in [4.78, 5) is 21.4. The lowest BCUT2D eigenvalue weighted by Crippen LogP contribution is -2.15. The first-order chi connectivity index (χ1) is 7.70. The van der Waals surface area contributed by atoms with Crippen molar-refractivity contribution in [2.75, 3.05) is 26.4 Å². The second-order valence-electron chi connectivity index (χ2n) is 2.18. The Morgan fingerprint density at radius 3 is 1.50 bits per heavy atom. The molecule has 0 aromatic carbocycles. The first kappa shape index (κ1) is 13.7. The number of hydrogen-bond donors (Lipinski definition) is 0. The van der Waals surface area contributed by atoms with Crippen LogP contribution in [0.3, 0.4) is 0 Å². The summed E-state index contributed by atoms with van der Waals surface area (Å²) in [6.45, 7) is -0.670. The van der Waals surface area contributed by atoms with Crippen molar-refractivity contribution in [1.82, 2.24) is 0 Å². The summed E-state index contributed by atoms with van der Waals surface area (Å²) in [6.07, 6.45) is 7.80. The minimum atomic E-state index is -0.932.